The number of methoxy groups -OCH3 is 1. The maximum atomic E-state index is 6.01. The van der Waals surface area contributed by atoms with E-state index in [1.165, 1.54) is 0 Å². The molecule has 0 aliphatic rings. The van der Waals surface area contributed by atoms with Gasteiger partial charge in [-0.25, -0.2) is 0 Å². The Morgan fingerprint density at radius 3 is 2.47 bits per heavy atom. The number of benzene rings is 2. The van der Waals surface area contributed by atoms with Crippen molar-refractivity contribution in [1.82, 2.24) is 0 Å². The second kappa shape index (κ2) is 5.07. The molecule has 0 aliphatic heterocycles. The summed E-state index contributed by atoms with van der Waals surface area (Å²) < 4.78 is 5.32. The van der Waals surface area contributed by atoms with Crippen LogP contribution >= 0.6 is 11.6 Å². The van der Waals surface area contributed by atoms with E-state index in [0.29, 0.717) is 5.02 Å². The van der Waals surface area contributed by atoms with E-state index in [-0.39, 0.29) is 0 Å². The first kappa shape index (κ1) is 11.7. The highest BCUT2D eigenvalue weighted by Crippen LogP contribution is 2.31. The van der Waals surface area contributed by atoms with Crippen LogP contribution < -0.4 is 4.74 Å². The summed E-state index contributed by atoms with van der Waals surface area (Å²) in [5.41, 5.74) is 2.89. The van der Waals surface area contributed by atoms with Crippen molar-refractivity contribution in [2.75, 3.05) is 7.11 Å². The second-order valence-electron chi connectivity index (χ2n) is 3.69. The SMILES string of the molecule is C=C(c1ccccc1)c1cc(Cl)ccc1OC. The predicted octanol–water partition coefficient (Wildman–Crippen LogP) is 4.41. The molecule has 2 aromatic rings. The van der Waals surface area contributed by atoms with Gasteiger partial charge in [0.1, 0.15) is 5.75 Å². The summed E-state index contributed by atoms with van der Waals surface area (Å²) in [5.74, 6) is 0.781. The molecule has 17 heavy (non-hydrogen) atoms. The summed E-state index contributed by atoms with van der Waals surface area (Å²) in [5, 5.41) is 0.679. The van der Waals surface area contributed by atoms with Gasteiger partial charge in [-0.2, -0.15) is 0 Å². The lowest BCUT2D eigenvalue weighted by Gasteiger charge is -2.11. The molecular formula is C15H13ClO. The van der Waals surface area contributed by atoms with Crippen LogP contribution in [0.1, 0.15) is 11.1 Å². The van der Waals surface area contributed by atoms with Gasteiger partial charge in [0.15, 0.2) is 0 Å². The van der Waals surface area contributed by atoms with Crippen molar-refractivity contribution in [2.24, 2.45) is 0 Å². The zero-order valence-corrected chi connectivity index (χ0v) is 10.4. The minimum atomic E-state index is 0.679. The molecule has 0 amide bonds. The van der Waals surface area contributed by atoms with Crippen LogP contribution in [0, 0.1) is 0 Å². The van der Waals surface area contributed by atoms with E-state index in [1.807, 2.05) is 48.5 Å². The molecule has 2 rings (SSSR count). The largest absolute Gasteiger partial charge is 0.496 e. The van der Waals surface area contributed by atoms with Crippen LogP contribution in [0.2, 0.25) is 5.02 Å². The number of hydrogen-bond acceptors (Lipinski definition) is 1. The average molecular weight is 245 g/mol. The first-order valence-electron chi connectivity index (χ1n) is 5.30. The van der Waals surface area contributed by atoms with Crippen LogP contribution in [0.3, 0.4) is 0 Å². The monoisotopic (exact) mass is 244 g/mol. The van der Waals surface area contributed by atoms with Crippen LogP contribution in [0.25, 0.3) is 5.57 Å². The van der Waals surface area contributed by atoms with Crippen molar-refractivity contribution < 1.29 is 4.74 Å². The molecule has 0 fully saturated rings. The van der Waals surface area contributed by atoms with Gasteiger partial charge in [0.25, 0.3) is 0 Å². The van der Waals surface area contributed by atoms with Gasteiger partial charge < -0.3 is 4.74 Å². The van der Waals surface area contributed by atoms with Gasteiger partial charge >= 0.3 is 0 Å². The number of hydrogen-bond donors (Lipinski definition) is 0. The maximum Gasteiger partial charge on any atom is 0.126 e. The molecule has 0 N–H and O–H groups in total. The highest BCUT2D eigenvalue weighted by Gasteiger charge is 2.09. The van der Waals surface area contributed by atoms with Crippen LogP contribution in [-0.4, -0.2) is 7.11 Å². The normalized spacial score (nSPS) is 10.0. The maximum absolute atomic E-state index is 6.01. The molecule has 0 aromatic heterocycles. The quantitative estimate of drug-likeness (QED) is 0.777. The minimum absolute atomic E-state index is 0.679. The first-order chi connectivity index (χ1) is 8.22. The first-order valence-corrected chi connectivity index (χ1v) is 5.68. The Kier molecular flexibility index (Phi) is 3.50. The summed E-state index contributed by atoms with van der Waals surface area (Å²) >= 11 is 6.01. The molecule has 1 nitrogen and oxygen atoms in total. The molecule has 0 atom stereocenters. The lowest BCUT2D eigenvalue weighted by Crippen LogP contribution is -1.92. The van der Waals surface area contributed by atoms with Gasteiger partial charge in [-0.3, -0.25) is 0 Å². The molecule has 0 bridgehead atoms. The van der Waals surface area contributed by atoms with E-state index in [2.05, 4.69) is 6.58 Å². The Morgan fingerprint density at radius 1 is 1.12 bits per heavy atom. The molecule has 2 heteroatoms. The highest BCUT2D eigenvalue weighted by atomic mass is 35.5. The molecule has 0 radical (unpaired) electrons. The zero-order valence-electron chi connectivity index (χ0n) is 9.61. The van der Waals surface area contributed by atoms with Crippen LogP contribution in [0.15, 0.2) is 55.1 Å². The highest BCUT2D eigenvalue weighted by molar-refractivity contribution is 6.30. The van der Waals surface area contributed by atoms with E-state index >= 15 is 0 Å². The Bertz CT molecular complexity index is 532. The molecule has 0 heterocycles. The third-order valence-electron chi connectivity index (χ3n) is 2.61. The Morgan fingerprint density at radius 2 is 1.82 bits per heavy atom. The van der Waals surface area contributed by atoms with E-state index in [0.717, 1.165) is 22.4 Å². The molecule has 0 aliphatic carbocycles. The van der Waals surface area contributed by atoms with Gasteiger partial charge in [0.2, 0.25) is 0 Å². The van der Waals surface area contributed by atoms with Crippen LogP contribution in [-0.2, 0) is 0 Å². The van der Waals surface area contributed by atoms with E-state index < -0.39 is 0 Å². The van der Waals surface area contributed by atoms with Crippen molar-refractivity contribution in [1.29, 1.82) is 0 Å². The molecule has 86 valence electrons. The van der Waals surface area contributed by atoms with Crippen molar-refractivity contribution >= 4 is 17.2 Å². The number of rotatable bonds is 3. The standard InChI is InChI=1S/C15H13ClO/c1-11(12-6-4-3-5-7-12)14-10-13(16)8-9-15(14)17-2/h3-10H,1H2,2H3. The summed E-state index contributed by atoms with van der Waals surface area (Å²) in [6, 6.07) is 15.5. The Hall–Kier alpha value is -1.73. The van der Waals surface area contributed by atoms with Crippen molar-refractivity contribution in [2.45, 2.75) is 0 Å². The smallest absolute Gasteiger partial charge is 0.126 e. The molecular weight excluding hydrogens is 232 g/mol. The van der Waals surface area contributed by atoms with E-state index in [4.69, 9.17) is 16.3 Å². The third kappa shape index (κ3) is 2.51. The van der Waals surface area contributed by atoms with Gasteiger partial charge in [-0.05, 0) is 29.3 Å². The Labute approximate surface area is 106 Å². The van der Waals surface area contributed by atoms with Crippen LogP contribution in [0.5, 0.6) is 5.75 Å². The minimum Gasteiger partial charge on any atom is -0.496 e. The molecule has 2 aromatic carbocycles. The lowest BCUT2D eigenvalue weighted by molar-refractivity contribution is 0.413. The van der Waals surface area contributed by atoms with Gasteiger partial charge in [0.05, 0.1) is 7.11 Å². The van der Waals surface area contributed by atoms with Crippen molar-refractivity contribution in [3.05, 3.63) is 71.3 Å². The lowest BCUT2D eigenvalue weighted by atomic mass is 9.99. The third-order valence-corrected chi connectivity index (χ3v) is 2.84. The fourth-order valence-corrected chi connectivity index (χ4v) is 1.88. The van der Waals surface area contributed by atoms with Gasteiger partial charge in [-0.1, -0.05) is 48.5 Å². The van der Waals surface area contributed by atoms with Crippen molar-refractivity contribution in [3.8, 4) is 5.75 Å². The Balaban J connectivity index is 2.47. The topological polar surface area (TPSA) is 9.23 Å². The summed E-state index contributed by atoms with van der Waals surface area (Å²) in [4.78, 5) is 0. The van der Waals surface area contributed by atoms with Crippen molar-refractivity contribution in [3.63, 3.8) is 0 Å². The molecule has 0 saturated heterocycles. The number of ether oxygens (including phenoxy) is 1. The predicted molar refractivity (Wildman–Crippen MR) is 72.6 cm³/mol. The van der Waals surface area contributed by atoms with Gasteiger partial charge in [-0.15, -0.1) is 0 Å². The molecule has 0 spiro atoms. The summed E-state index contributed by atoms with van der Waals surface area (Å²) in [7, 11) is 1.64. The summed E-state index contributed by atoms with van der Waals surface area (Å²) in [6.07, 6.45) is 0. The molecule has 0 saturated carbocycles. The number of halogens is 1. The fraction of sp³-hybridized carbons (Fsp3) is 0.0667. The zero-order chi connectivity index (χ0) is 12.3. The fourth-order valence-electron chi connectivity index (χ4n) is 1.71. The van der Waals surface area contributed by atoms with Crippen LogP contribution in [0.4, 0.5) is 0 Å². The molecule has 0 unspecified atom stereocenters. The van der Waals surface area contributed by atoms with E-state index in [9.17, 15) is 0 Å². The second-order valence-corrected chi connectivity index (χ2v) is 4.13. The van der Waals surface area contributed by atoms with E-state index in [1.54, 1.807) is 7.11 Å². The summed E-state index contributed by atoms with van der Waals surface area (Å²) in [6.45, 7) is 4.11. The van der Waals surface area contributed by atoms with Gasteiger partial charge in [0, 0.05) is 10.6 Å². The average Bonchev–Trinajstić information content (AvgIpc) is 2.39.